The van der Waals surface area contributed by atoms with E-state index >= 15 is 0 Å². The average Bonchev–Trinajstić information content (AvgIpc) is 2.91. The van der Waals surface area contributed by atoms with Crippen molar-refractivity contribution >= 4 is 50.0 Å². The number of amidine groups is 1. The Balaban J connectivity index is 2.01. The number of fused-ring (bicyclic) bond motifs is 1. The summed E-state index contributed by atoms with van der Waals surface area (Å²) in [7, 11) is -3.04. The highest BCUT2D eigenvalue weighted by Crippen LogP contribution is 2.40. The van der Waals surface area contributed by atoms with Gasteiger partial charge in [0.2, 0.25) is 0 Å². The lowest BCUT2D eigenvalue weighted by Gasteiger charge is -2.24. The molecule has 2 heterocycles. The molecular formula is C14H15ClN2O3S2. The summed E-state index contributed by atoms with van der Waals surface area (Å²) in [5.74, 6) is -0.380. The van der Waals surface area contributed by atoms with Crippen LogP contribution in [0.3, 0.4) is 0 Å². The first-order valence-electron chi connectivity index (χ1n) is 6.80. The zero-order valence-electron chi connectivity index (χ0n) is 11.9. The van der Waals surface area contributed by atoms with Crippen molar-refractivity contribution in [2.24, 2.45) is 4.99 Å². The zero-order valence-corrected chi connectivity index (χ0v) is 14.3. The fourth-order valence-corrected chi connectivity index (χ4v) is 6.70. The fraction of sp³-hybridized carbons (Fsp3) is 0.429. The number of aliphatic imine (C=N–C) groups is 1. The Hall–Kier alpha value is -1.05. The number of sulfone groups is 1. The maximum atomic E-state index is 11.9. The Morgan fingerprint density at radius 2 is 2.05 bits per heavy atom. The second kappa shape index (κ2) is 5.86. The second-order valence-corrected chi connectivity index (χ2v) is 9.06. The van der Waals surface area contributed by atoms with Crippen molar-refractivity contribution in [2.45, 2.75) is 18.2 Å². The Morgan fingerprint density at radius 1 is 1.36 bits per heavy atom. The van der Waals surface area contributed by atoms with E-state index in [-0.39, 0.29) is 28.7 Å². The molecule has 0 radical (unpaired) electrons. The van der Waals surface area contributed by atoms with E-state index < -0.39 is 15.7 Å². The van der Waals surface area contributed by atoms with Crippen LogP contribution in [-0.4, -0.2) is 48.2 Å². The molecule has 8 heteroatoms. The van der Waals surface area contributed by atoms with Crippen LogP contribution in [0.5, 0.6) is 0 Å². The number of alkyl halides is 1. The van der Waals surface area contributed by atoms with Gasteiger partial charge in [0.25, 0.3) is 5.91 Å². The van der Waals surface area contributed by atoms with Crippen LogP contribution < -0.4 is 4.90 Å². The highest BCUT2D eigenvalue weighted by Gasteiger charge is 2.49. The molecule has 3 rings (SSSR count). The number of carbonyl (C=O) groups excluding carboxylic acids is 1. The van der Waals surface area contributed by atoms with Crippen molar-refractivity contribution in [3.05, 3.63) is 29.8 Å². The predicted molar refractivity (Wildman–Crippen MR) is 90.6 cm³/mol. The van der Waals surface area contributed by atoms with E-state index in [0.717, 1.165) is 11.3 Å². The number of nitrogens with zero attached hydrogens (tertiary/aromatic N) is 2. The van der Waals surface area contributed by atoms with Gasteiger partial charge in [0.1, 0.15) is 5.88 Å². The lowest BCUT2D eigenvalue weighted by Crippen LogP contribution is -2.37. The maximum absolute atomic E-state index is 11.9. The van der Waals surface area contributed by atoms with Gasteiger partial charge in [-0.05, 0) is 19.1 Å². The van der Waals surface area contributed by atoms with Crippen molar-refractivity contribution in [2.75, 3.05) is 22.3 Å². The number of carbonyl (C=O) groups is 1. The molecule has 0 spiro atoms. The number of hydrogen-bond donors (Lipinski definition) is 0. The number of halogens is 1. The topological polar surface area (TPSA) is 66.8 Å². The standard InChI is InChI=1S/C14H15ClN2O3S2/c1-9-2-4-10(5-3-9)17-11-7-22(19,20)8-12(11)21-14(17)16-13(18)6-15/h2-5,11-12H,6-8H2,1H3/t11-,12-/m1/s1. The van der Waals surface area contributed by atoms with Crippen molar-refractivity contribution in [3.63, 3.8) is 0 Å². The molecule has 1 aromatic rings. The molecule has 118 valence electrons. The molecule has 2 atom stereocenters. The predicted octanol–water partition coefficient (Wildman–Crippen LogP) is 1.84. The molecule has 0 bridgehead atoms. The zero-order chi connectivity index (χ0) is 15.9. The minimum Gasteiger partial charge on any atom is -0.316 e. The van der Waals surface area contributed by atoms with Crippen molar-refractivity contribution in [3.8, 4) is 0 Å². The maximum Gasteiger partial charge on any atom is 0.262 e. The third-order valence-electron chi connectivity index (χ3n) is 3.71. The normalized spacial score (nSPS) is 28.1. The number of anilines is 1. The first kappa shape index (κ1) is 15.8. The van der Waals surface area contributed by atoms with Gasteiger partial charge < -0.3 is 4.90 Å². The fourth-order valence-electron chi connectivity index (χ4n) is 2.71. The number of amides is 1. The molecule has 0 N–H and O–H groups in total. The first-order chi connectivity index (χ1) is 10.4. The highest BCUT2D eigenvalue weighted by atomic mass is 35.5. The number of hydrogen-bond acceptors (Lipinski definition) is 4. The van der Waals surface area contributed by atoms with E-state index in [1.807, 2.05) is 36.1 Å². The Bertz CT molecular complexity index is 731. The molecule has 0 unspecified atom stereocenters. The van der Waals surface area contributed by atoms with Crippen LogP contribution in [0.4, 0.5) is 5.69 Å². The van der Waals surface area contributed by atoms with Gasteiger partial charge in [0.05, 0.1) is 17.5 Å². The molecule has 1 amide bonds. The van der Waals surface area contributed by atoms with Crippen LogP contribution in [0.15, 0.2) is 29.3 Å². The SMILES string of the molecule is Cc1ccc(N2C(=NC(=O)CCl)S[C@@H]3CS(=O)(=O)C[C@H]32)cc1. The number of thioether (sulfide) groups is 1. The van der Waals surface area contributed by atoms with E-state index in [0.29, 0.717) is 5.17 Å². The van der Waals surface area contributed by atoms with E-state index in [4.69, 9.17) is 11.6 Å². The number of aryl methyl sites for hydroxylation is 1. The molecular weight excluding hydrogens is 344 g/mol. The molecule has 0 saturated carbocycles. The summed E-state index contributed by atoms with van der Waals surface area (Å²) in [6.07, 6.45) is 0. The summed E-state index contributed by atoms with van der Waals surface area (Å²) in [5.41, 5.74) is 1.96. The largest absolute Gasteiger partial charge is 0.316 e. The monoisotopic (exact) mass is 358 g/mol. The van der Waals surface area contributed by atoms with E-state index in [2.05, 4.69) is 4.99 Å². The highest BCUT2D eigenvalue weighted by molar-refractivity contribution is 8.16. The Kier molecular flexibility index (Phi) is 4.22. The van der Waals surface area contributed by atoms with Crippen LogP contribution in [0.1, 0.15) is 5.56 Å². The smallest absolute Gasteiger partial charge is 0.262 e. The molecule has 2 aliphatic heterocycles. The minimum absolute atomic E-state index is 0.0896. The molecule has 2 saturated heterocycles. The molecule has 2 fully saturated rings. The summed E-state index contributed by atoms with van der Waals surface area (Å²) in [6.45, 7) is 1.98. The molecule has 0 aromatic heterocycles. The van der Waals surface area contributed by atoms with Crippen LogP contribution in [0.25, 0.3) is 0 Å². The minimum atomic E-state index is -3.04. The summed E-state index contributed by atoms with van der Waals surface area (Å²) in [5, 5.41) is 0.451. The van der Waals surface area contributed by atoms with Gasteiger partial charge in [0.15, 0.2) is 15.0 Å². The van der Waals surface area contributed by atoms with Gasteiger partial charge in [-0.2, -0.15) is 4.99 Å². The third-order valence-corrected chi connectivity index (χ3v) is 7.15. The molecule has 0 aliphatic carbocycles. The van der Waals surface area contributed by atoms with Crippen LogP contribution in [-0.2, 0) is 14.6 Å². The van der Waals surface area contributed by atoms with Gasteiger partial charge in [-0.25, -0.2) is 8.42 Å². The van der Waals surface area contributed by atoms with Crippen LogP contribution >= 0.6 is 23.4 Å². The number of benzene rings is 1. The Labute approximate surface area is 138 Å². The summed E-state index contributed by atoms with van der Waals surface area (Å²) < 4.78 is 23.8. The quantitative estimate of drug-likeness (QED) is 0.754. The van der Waals surface area contributed by atoms with Crippen molar-refractivity contribution < 1.29 is 13.2 Å². The summed E-state index contributed by atoms with van der Waals surface area (Å²) >= 11 is 6.88. The molecule has 2 aliphatic rings. The lowest BCUT2D eigenvalue weighted by atomic mass is 10.1. The molecule has 1 aromatic carbocycles. The van der Waals surface area contributed by atoms with Crippen LogP contribution in [0, 0.1) is 6.92 Å². The molecule has 5 nitrogen and oxygen atoms in total. The van der Waals surface area contributed by atoms with Gasteiger partial charge in [-0.3, -0.25) is 4.79 Å². The van der Waals surface area contributed by atoms with Gasteiger partial charge in [-0.15, -0.1) is 11.6 Å². The van der Waals surface area contributed by atoms with Gasteiger partial charge in [-0.1, -0.05) is 29.5 Å². The van der Waals surface area contributed by atoms with E-state index in [9.17, 15) is 13.2 Å². The summed E-state index contributed by atoms with van der Waals surface area (Å²) in [6, 6.07) is 7.57. The van der Waals surface area contributed by atoms with Crippen molar-refractivity contribution in [1.82, 2.24) is 0 Å². The van der Waals surface area contributed by atoms with E-state index in [1.165, 1.54) is 11.8 Å². The molecule has 22 heavy (non-hydrogen) atoms. The van der Waals surface area contributed by atoms with Crippen LogP contribution in [0.2, 0.25) is 0 Å². The third kappa shape index (κ3) is 3.02. The lowest BCUT2D eigenvalue weighted by molar-refractivity contribution is -0.115. The second-order valence-electron chi connectivity index (χ2n) is 5.43. The summed E-state index contributed by atoms with van der Waals surface area (Å²) in [4.78, 5) is 17.5. The Morgan fingerprint density at radius 3 is 2.68 bits per heavy atom. The van der Waals surface area contributed by atoms with E-state index in [1.54, 1.807) is 0 Å². The number of rotatable bonds is 2. The van der Waals surface area contributed by atoms with Crippen molar-refractivity contribution in [1.29, 1.82) is 0 Å². The van der Waals surface area contributed by atoms with Gasteiger partial charge >= 0.3 is 0 Å². The average molecular weight is 359 g/mol. The van der Waals surface area contributed by atoms with Gasteiger partial charge in [0, 0.05) is 10.9 Å². The first-order valence-corrected chi connectivity index (χ1v) is 10.0.